The molecule has 1 unspecified atom stereocenters. The first-order valence-corrected chi connectivity index (χ1v) is 6.95. The first-order chi connectivity index (χ1) is 7.74. The zero-order chi connectivity index (χ0) is 11.4. The van der Waals surface area contributed by atoms with E-state index in [4.69, 9.17) is 17.3 Å². The molecule has 0 bridgehead atoms. The van der Waals surface area contributed by atoms with E-state index in [0.717, 1.165) is 12.4 Å². The molecular weight excluding hydrogens is 242 g/mol. The van der Waals surface area contributed by atoms with E-state index >= 15 is 0 Å². The Balaban J connectivity index is 1.88. The van der Waals surface area contributed by atoms with E-state index in [9.17, 15) is 0 Å². The molecule has 0 amide bonds. The summed E-state index contributed by atoms with van der Waals surface area (Å²) in [6.07, 6.45) is 3.97. The Labute approximate surface area is 105 Å². The van der Waals surface area contributed by atoms with Gasteiger partial charge in [-0.25, -0.2) is 4.98 Å². The number of hydrogen-bond acceptors (Lipinski definition) is 4. The van der Waals surface area contributed by atoms with E-state index in [1.54, 1.807) is 6.07 Å². The molecule has 1 aromatic rings. The van der Waals surface area contributed by atoms with Crippen molar-refractivity contribution < 1.29 is 0 Å². The van der Waals surface area contributed by atoms with Crippen molar-refractivity contribution >= 4 is 34.9 Å². The summed E-state index contributed by atoms with van der Waals surface area (Å²) in [5.41, 5.74) is 6.35. The molecule has 0 radical (unpaired) electrons. The summed E-state index contributed by atoms with van der Waals surface area (Å²) in [7, 11) is 0. The summed E-state index contributed by atoms with van der Waals surface area (Å²) < 4.78 is 0. The number of nitrogens with zero attached hydrogens (tertiary/aromatic N) is 1. The van der Waals surface area contributed by atoms with Crippen LogP contribution >= 0.6 is 23.4 Å². The van der Waals surface area contributed by atoms with Gasteiger partial charge >= 0.3 is 0 Å². The molecule has 0 aromatic carbocycles. The van der Waals surface area contributed by atoms with Gasteiger partial charge in [0.05, 0.1) is 0 Å². The molecule has 2 heterocycles. The number of nitrogen functional groups attached to an aromatic ring is 1. The third-order valence-electron chi connectivity index (χ3n) is 2.60. The summed E-state index contributed by atoms with van der Waals surface area (Å²) in [5.74, 6) is 2.05. The zero-order valence-corrected chi connectivity index (χ0v) is 10.7. The lowest BCUT2D eigenvalue weighted by molar-refractivity contribution is 0.677. The number of pyridine rings is 1. The van der Waals surface area contributed by atoms with Crippen LogP contribution in [0.15, 0.2) is 12.1 Å². The first kappa shape index (κ1) is 11.9. The highest BCUT2D eigenvalue weighted by Crippen LogP contribution is 2.25. The number of aromatic nitrogens is 1. The van der Waals surface area contributed by atoms with Crippen molar-refractivity contribution in [2.24, 2.45) is 0 Å². The van der Waals surface area contributed by atoms with Crippen LogP contribution in [0.5, 0.6) is 0 Å². The number of halogens is 1. The largest absolute Gasteiger partial charge is 0.399 e. The molecule has 16 heavy (non-hydrogen) atoms. The topological polar surface area (TPSA) is 50.9 Å². The monoisotopic (exact) mass is 257 g/mol. The fraction of sp³-hybridized carbons (Fsp3) is 0.545. The second-order valence-electron chi connectivity index (χ2n) is 3.98. The molecule has 0 saturated carbocycles. The van der Waals surface area contributed by atoms with Gasteiger partial charge in [0.2, 0.25) is 0 Å². The van der Waals surface area contributed by atoms with Gasteiger partial charge in [-0.2, -0.15) is 11.8 Å². The normalized spacial score (nSPS) is 20.7. The third kappa shape index (κ3) is 3.46. The SMILES string of the molecule is Nc1cc(Cl)nc(NCC2CCCCS2)c1. The van der Waals surface area contributed by atoms with Crippen LogP contribution in [0.1, 0.15) is 19.3 Å². The summed E-state index contributed by atoms with van der Waals surface area (Å²) in [4.78, 5) is 4.18. The van der Waals surface area contributed by atoms with Crippen LogP contribution in [0, 0.1) is 0 Å². The highest BCUT2D eigenvalue weighted by atomic mass is 35.5. The van der Waals surface area contributed by atoms with Crippen LogP contribution in [0.25, 0.3) is 0 Å². The molecule has 0 spiro atoms. The number of hydrogen-bond donors (Lipinski definition) is 2. The Morgan fingerprint density at radius 2 is 2.38 bits per heavy atom. The fourth-order valence-electron chi connectivity index (χ4n) is 1.79. The number of nitrogens with two attached hydrogens (primary N) is 1. The van der Waals surface area contributed by atoms with Crippen LogP contribution in [-0.4, -0.2) is 22.5 Å². The number of rotatable bonds is 3. The number of anilines is 2. The van der Waals surface area contributed by atoms with Gasteiger partial charge in [-0.15, -0.1) is 0 Å². The Kier molecular flexibility index (Phi) is 4.18. The van der Waals surface area contributed by atoms with E-state index in [-0.39, 0.29) is 0 Å². The molecule has 1 saturated heterocycles. The standard InChI is InChI=1S/C11H16ClN3S/c12-10-5-8(13)6-11(15-10)14-7-9-3-1-2-4-16-9/h5-6,9H,1-4,7H2,(H3,13,14,15). The average Bonchev–Trinajstić information content (AvgIpc) is 2.27. The minimum absolute atomic E-state index is 0.443. The van der Waals surface area contributed by atoms with Crippen molar-refractivity contribution in [1.82, 2.24) is 4.98 Å². The molecular formula is C11H16ClN3S. The van der Waals surface area contributed by atoms with Crippen molar-refractivity contribution in [1.29, 1.82) is 0 Å². The molecule has 3 N–H and O–H groups in total. The van der Waals surface area contributed by atoms with Gasteiger partial charge in [-0.3, -0.25) is 0 Å². The van der Waals surface area contributed by atoms with E-state index < -0.39 is 0 Å². The van der Waals surface area contributed by atoms with E-state index in [1.807, 2.05) is 17.8 Å². The maximum atomic E-state index is 5.84. The molecule has 5 heteroatoms. The number of nitrogens with one attached hydrogen (secondary N) is 1. The highest BCUT2D eigenvalue weighted by Gasteiger charge is 2.13. The van der Waals surface area contributed by atoms with Crippen LogP contribution in [0.3, 0.4) is 0 Å². The van der Waals surface area contributed by atoms with Crippen molar-refractivity contribution in [3.8, 4) is 0 Å². The molecule has 3 nitrogen and oxygen atoms in total. The van der Waals surface area contributed by atoms with Gasteiger partial charge in [0.15, 0.2) is 0 Å². The second kappa shape index (κ2) is 5.64. The van der Waals surface area contributed by atoms with Crippen LogP contribution in [0.4, 0.5) is 11.5 Å². The van der Waals surface area contributed by atoms with E-state index in [0.29, 0.717) is 16.1 Å². The van der Waals surface area contributed by atoms with Crippen molar-refractivity contribution in [3.63, 3.8) is 0 Å². The molecule has 2 rings (SSSR count). The van der Waals surface area contributed by atoms with Gasteiger partial charge in [-0.1, -0.05) is 18.0 Å². The molecule has 1 aliphatic rings. The Morgan fingerprint density at radius 3 is 3.06 bits per heavy atom. The van der Waals surface area contributed by atoms with Gasteiger partial charge in [-0.05, 0) is 24.7 Å². The van der Waals surface area contributed by atoms with Crippen LogP contribution in [0.2, 0.25) is 5.15 Å². The fourth-order valence-corrected chi connectivity index (χ4v) is 3.25. The summed E-state index contributed by atoms with van der Waals surface area (Å²) >= 11 is 7.87. The molecule has 0 aliphatic carbocycles. The number of thioether (sulfide) groups is 1. The van der Waals surface area contributed by atoms with Gasteiger partial charge in [0, 0.05) is 23.5 Å². The first-order valence-electron chi connectivity index (χ1n) is 5.52. The zero-order valence-electron chi connectivity index (χ0n) is 9.08. The van der Waals surface area contributed by atoms with Gasteiger partial charge < -0.3 is 11.1 Å². The molecule has 1 aromatic heterocycles. The lowest BCUT2D eigenvalue weighted by atomic mass is 10.2. The van der Waals surface area contributed by atoms with Crippen molar-refractivity contribution in [2.45, 2.75) is 24.5 Å². The maximum Gasteiger partial charge on any atom is 0.133 e. The van der Waals surface area contributed by atoms with Crippen LogP contribution < -0.4 is 11.1 Å². The Morgan fingerprint density at radius 1 is 1.50 bits per heavy atom. The van der Waals surface area contributed by atoms with Crippen molar-refractivity contribution in [3.05, 3.63) is 17.3 Å². The molecule has 1 fully saturated rings. The minimum atomic E-state index is 0.443. The van der Waals surface area contributed by atoms with Crippen LogP contribution in [-0.2, 0) is 0 Å². The van der Waals surface area contributed by atoms with Gasteiger partial charge in [0.1, 0.15) is 11.0 Å². The van der Waals surface area contributed by atoms with E-state index in [1.165, 1.54) is 25.0 Å². The highest BCUT2D eigenvalue weighted by molar-refractivity contribution is 7.99. The predicted molar refractivity (Wildman–Crippen MR) is 72.2 cm³/mol. The summed E-state index contributed by atoms with van der Waals surface area (Å²) in [6.45, 7) is 0.942. The summed E-state index contributed by atoms with van der Waals surface area (Å²) in [5, 5.41) is 4.43. The Hall–Kier alpha value is -0.610. The molecule has 88 valence electrons. The predicted octanol–water partition coefficient (Wildman–Crippen LogP) is 3.01. The molecule has 1 aliphatic heterocycles. The molecule has 1 atom stereocenters. The lowest BCUT2D eigenvalue weighted by Gasteiger charge is -2.21. The summed E-state index contributed by atoms with van der Waals surface area (Å²) in [6, 6.07) is 3.47. The third-order valence-corrected chi connectivity index (χ3v) is 4.19. The van der Waals surface area contributed by atoms with Crippen molar-refractivity contribution in [2.75, 3.05) is 23.3 Å². The quantitative estimate of drug-likeness (QED) is 0.818. The lowest BCUT2D eigenvalue weighted by Crippen LogP contribution is -2.20. The van der Waals surface area contributed by atoms with E-state index in [2.05, 4.69) is 10.3 Å². The smallest absolute Gasteiger partial charge is 0.133 e. The Bertz CT molecular complexity index is 333. The minimum Gasteiger partial charge on any atom is -0.399 e. The average molecular weight is 258 g/mol. The second-order valence-corrected chi connectivity index (χ2v) is 5.77. The maximum absolute atomic E-state index is 5.84. The van der Waals surface area contributed by atoms with Gasteiger partial charge in [0.25, 0.3) is 0 Å².